The second-order valence-electron chi connectivity index (χ2n) is 10.6. The van der Waals surface area contributed by atoms with E-state index < -0.39 is 62.2 Å². The van der Waals surface area contributed by atoms with Crippen molar-refractivity contribution in [2.45, 2.75) is 109 Å². The van der Waals surface area contributed by atoms with E-state index in [0.29, 0.717) is 12.8 Å². The molecule has 0 N–H and O–H groups in total. The van der Waals surface area contributed by atoms with Crippen LogP contribution in [0.5, 0.6) is 0 Å². The maximum absolute atomic E-state index is 13.1. The van der Waals surface area contributed by atoms with Gasteiger partial charge >= 0.3 is 5.97 Å². The number of fused-ring (bicyclic) bond motifs is 1. The summed E-state index contributed by atoms with van der Waals surface area (Å²) in [4.78, 5) is 25.3. The van der Waals surface area contributed by atoms with E-state index in [0.717, 1.165) is 0 Å². The molecule has 32 heavy (non-hydrogen) atoms. The van der Waals surface area contributed by atoms with E-state index in [-0.39, 0.29) is 12.4 Å². The Labute approximate surface area is 191 Å². The molecule has 0 bridgehead atoms. The summed E-state index contributed by atoms with van der Waals surface area (Å²) in [6.45, 7) is 15.3. The molecule has 0 aromatic carbocycles. The van der Waals surface area contributed by atoms with Gasteiger partial charge in [0, 0.05) is 6.42 Å². The van der Waals surface area contributed by atoms with Crippen molar-refractivity contribution >= 4 is 19.8 Å². The first-order valence-corrected chi connectivity index (χ1v) is 14.7. The van der Waals surface area contributed by atoms with Gasteiger partial charge in [0.2, 0.25) is 0 Å². The molecule has 3 rings (SSSR count). The standard InChI is InChI=1S/C23H36O8Si/c1-14(24)15(11-9-10-12-32(6,7)8)20(25)27-18-17(16-13-26-22(2,3)29-16)28-21-19(18)30-23(4,5)31-21/h15-19,21H,9,11,13H2,1-8H3/t15?,16-,17+,18+,19+,21+/m0/s1. The first-order chi connectivity index (χ1) is 14.7. The van der Waals surface area contributed by atoms with Crippen LogP contribution < -0.4 is 0 Å². The summed E-state index contributed by atoms with van der Waals surface area (Å²) in [6.07, 6.45) is -2.42. The third kappa shape index (κ3) is 6.19. The molecule has 0 aromatic rings. The van der Waals surface area contributed by atoms with E-state index in [2.05, 4.69) is 31.1 Å². The molecule has 0 saturated carbocycles. The highest BCUT2D eigenvalue weighted by molar-refractivity contribution is 6.83. The molecule has 180 valence electrons. The largest absolute Gasteiger partial charge is 0.456 e. The van der Waals surface area contributed by atoms with Crippen LogP contribution in [-0.4, -0.2) is 68.7 Å². The fraction of sp³-hybridized carbons (Fsp3) is 0.826. The molecule has 3 aliphatic heterocycles. The highest BCUT2D eigenvalue weighted by Crippen LogP contribution is 2.42. The predicted molar refractivity (Wildman–Crippen MR) is 118 cm³/mol. The van der Waals surface area contributed by atoms with E-state index in [1.807, 2.05) is 13.8 Å². The van der Waals surface area contributed by atoms with Gasteiger partial charge in [-0.25, -0.2) is 0 Å². The van der Waals surface area contributed by atoms with Crippen LogP contribution in [0.3, 0.4) is 0 Å². The van der Waals surface area contributed by atoms with Gasteiger partial charge in [0.1, 0.15) is 32.0 Å². The number of carbonyl (C=O) groups excluding carboxylic acids is 2. The Kier molecular flexibility index (Phi) is 7.26. The lowest BCUT2D eigenvalue weighted by Gasteiger charge is -2.29. The fourth-order valence-corrected chi connectivity index (χ4v) is 4.72. The molecule has 0 amide bonds. The molecule has 1 unspecified atom stereocenters. The number of ether oxygens (including phenoxy) is 6. The molecule has 0 aromatic heterocycles. The number of esters is 1. The van der Waals surface area contributed by atoms with Crippen molar-refractivity contribution < 1.29 is 38.0 Å². The number of ketones is 1. The zero-order valence-electron chi connectivity index (χ0n) is 20.4. The highest BCUT2D eigenvalue weighted by atomic mass is 28.3. The summed E-state index contributed by atoms with van der Waals surface area (Å²) < 4.78 is 35.4. The van der Waals surface area contributed by atoms with Crippen molar-refractivity contribution in [2.24, 2.45) is 5.92 Å². The maximum atomic E-state index is 13.1. The Hall–Kier alpha value is -1.28. The van der Waals surface area contributed by atoms with Crippen LogP contribution in [0.1, 0.15) is 47.5 Å². The van der Waals surface area contributed by atoms with E-state index in [1.54, 1.807) is 13.8 Å². The fourth-order valence-electron chi connectivity index (χ4n) is 4.06. The summed E-state index contributed by atoms with van der Waals surface area (Å²) in [5.74, 6) is -0.259. The van der Waals surface area contributed by atoms with Crippen LogP contribution in [0.15, 0.2) is 0 Å². The highest BCUT2D eigenvalue weighted by Gasteiger charge is 2.60. The van der Waals surface area contributed by atoms with Crippen LogP contribution >= 0.6 is 0 Å². The molecular formula is C23H36O8Si. The topological polar surface area (TPSA) is 89.5 Å². The van der Waals surface area contributed by atoms with Crippen LogP contribution in [-0.2, 0) is 38.0 Å². The Morgan fingerprint density at radius 1 is 1.06 bits per heavy atom. The second kappa shape index (κ2) is 9.16. The maximum Gasteiger partial charge on any atom is 0.316 e. The zero-order valence-corrected chi connectivity index (χ0v) is 21.4. The first kappa shape index (κ1) is 25.3. The number of Topliss-reactive ketones (excluding diaryl/α,β-unsaturated/α-hetero) is 1. The van der Waals surface area contributed by atoms with Crippen LogP contribution in [0, 0.1) is 17.4 Å². The van der Waals surface area contributed by atoms with E-state index in [9.17, 15) is 9.59 Å². The van der Waals surface area contributed by atoms with Gasteiger partial charge in [0.25, 0.3) is 0 Å². The Balaban J connectivity index is 1.73. The SMILES string of the molecule is CC(=O)C(CCC#C[Si](C)(C)C)C(=O)O[C@H]1[C@H]2OC(C)(C)O[C@H]2O[C@@H]1[C@@H]1COC(C)(C)O1. The molecule has 0 aliphatic carbocycles. The minimum atomic E-state index is -1.51. The third-order valence-electron chi connectivity index (χ3n) is 5.47. The van der Waals surface area contributed by atoms with Gasteiger partial charge in [-0.3, -0.25) is 9.59 Å². The Morgan fingerprint density at radius 2 is 1.75 bits per heavy atom. The molecule has 9 heteroatoms. The van der Waals surface area contributed by atoms with Crippen molar-refractivity contribution in [3.05, 3.63) is 0 Å². The Morgan fingerprint density at radius 3 is 2.31 bits per heavy atom. The molecule has 8 nitrogen and oxygen atoms in total. The summed E-state index contributed by atoms with van der Waals surface area (Å²) in [7, 11) is -1.51. The number of hydrogen-bond acceptors (Lipinski definition) is 8. The number of rotatable bonds is 6. The minimum absolute atomic E-state index is 0.248. The van der Waals surface area contributed by atoms with E-state index in [1.165, 1.54) is 6.92 Å². The summed E-state index contributed by atoms with van der Waals surface area (Å²) in [5, 5.41) is 0. The lowest BCUT2D eigenvalue weighted by atomic mass is 9.99. The molecule has 3 aliphatic rings. The van der Waals surface area contributed by atoms with E-state index in [4.69, 9.17) is 28.4 Å². The summed E-state index contributed by atoms with van der Waals surface area (Å²) >= 11 is 0. The van der Waals surface area contributed by atoms with Gasteiger partial charge in [-0.1, -0.05) is 19.6 Å². The van der Waals surface area contributed by atoms with Gasteiger partial charge in [-0.05, 0) is 41.0 Å². The quantitative estimate of drug-likeness (QED) is 0.254. The number of carbonyl (C=O) groups is 2. The van der Waals surface area contributed by atoms with Gasteiger partial charge in [-0.2, -0.15) is 0 Å². The molecule has 6 atom stereocenters. The van der Waals surface area contributed by atoms with Crippen molar-refractivity contribution in [2.75, 3.05) is 6.61 Å². The average Bonchev–Trinajstić information content (AvgIpc) is 3.23. The van der Waals surface area contributed by atoms with Gasteiger partial charge in [0.15, 0.2) is 30.1 Å². The normalized spacial score (nSPS) is 33.8. The van der Waals surface area contributed by atoms with Crippen molar-refractivity contribution in [3.63, 3.8) is 0 Å². The first-order valence-electron chi connectivity index (χ1n) is 11.2. The van der Waals surface area contributed by atoms with Gasteiger partial charge in [-0.15, -0.1) is 11.5 Å². The average molecular weight is 469 g/mol. The summed E-state index contributed by atoms with van der Waals surface area (Å²) in [6, 6.07) is 0. The molecular weight excluding hydrogens is 432 g/mol. The lowest BCUT2D eigenvalue weighted by Crippen LogP contribution is -2.46. The molecule has 0 spiro atoms. The van der Waals surface area contributed by atoms with Crippen molar-refractivity contribution in [3.8, 4) is 11.5 Å². The van der Waals surface area contributed by atoms with Crippen LogP contribution in [0.4, 0.5) is 0 Å². The lowest BCUT2D eigenvalue weighted by molar-refractivity contribution is -0.236. The molecule has 3 fully saturated rings. The smallest absolute Gasteiger partial charge is 0.316 e. The van der Waals surface area contributed by atoms with Gasteiger partial charge < -0.3 is 28.4 Å². The number of hydrogen-bond donors (Lipinski definition) is 0. The predicted octanol–water partition coefficient (Wildman–Crippen LogP) is 2.79. The molecule has 3 heterocycles. The minimum Gasteiger partial charge on any atom is -0.456 e. The summed E-state index contributed by atoms with van der Waals surface area (Å²) in [5.41, 5.74) is 3.26. The van der Waals surface area contributed by atoms with Gasteiger partial charge in [0.05, 0.1) is 6.61 Å². The van der Waals surface area contributed by atoms with Crippen LogP contribution in [0.2, 0.25) is 19.6 Å². The van der Waals surface area contributed by atoms with Crippen molar-refractivity contribution in [1.29, 1.82) is 0 Å². The third-order valence-corrected chi connectivity index (χ3v) is 6.40. The zero-order chi connectivity index (χ0) is 23.9. The Bertz CT molecular complexity index is 790. The van der Waals surface area contributed by atoms with E-state index >= 15 is 0 Å². The molecule has 0 radical (unpaired) electrons. The monoisotopic (exact) mass is 468 g/mol. The van der Waals surface area contributed by atoms with Crippen LogP contribution in [0.25, 0.3) is 0 Å². The van der Waals surface area contributed by atoms with Crippen molar-refractivity contribution in [1.82, 2.24) is 0 Å². The second-order valence-corrected chi connectivity index (χ2v) is 15.3. The molecule has 3 saturated heterocycles.